The third-order valence-corrected chi connectivity index (χ3v) is 5.59. The molecule has 0 saturated heterocycles. The lowest BCUT2D eigenvalue weighted by atomic mass is 9.90. The van der Waals surface area contributed by atoms with E-state index in [1.165, 1.54) is 0 Å². The Morgan fingerprint density at radius 3 is 1.22 bits per heavy atom. The van der Waals surface area contributed by atoms with Gasteiger partial charge in [-0.1, -0.05) is 42.5 Å². The number of nitriles is 2. The Labute approximate surface area is 208 Å². The predicted octanol–water partition coefficient (Wildman–Crippen LogP) is 8.63. The third-order valence-electron chi connectivity index (χ3n) is 5.59. The van der Waals surface area contributed by atoms with Crippen molar-refractivity contribution in [2.45, 2.75) is 0 Å². The Balaban J connectivity index is 2.12. The minimum atomic E-state index is 0.341. The molecule has 0 heterocycles. The fraction of sp³-hybridized carbons (Fsp3) is 0. The molecule has 0 bridgehead atoms. The zero-order valence-electron chi connectivity index (χ0n) is 18.6. The van der Waals surface area contributed by atoms with Crippen LogP contribution in [-0.4, -0.2) is 0 Å². The molecule has 0 aliphatic rings. The van der Waals surface area contributed by atoms with Gasteiger partial charge in [-0.15, -0.1) is 0 Å². The highest BCUT2D eigenvalue weighted by molar-refractivity contribution is 5.92. The minimum Gasteiger partial charge on any atom is -0.238 e. The van der Waals surface area contributed by atoms with E-state index in [1.54, 1.807) is 72.8 Å². The lowest BCUT2D eigenvalue weighted by molar-refractivity contribution is 1.48. The summed E-state index contributed by atoms with van der Waals surface area (Å²) in [5, 5.41) is 18.9. The maximum atomic E-state index is 9.44. The molecule has 0 amide bonds. The van der Waals surface area contributed by atoms with Crippen LogP contribution in [0.25, 0.3) is 52.8 Å². The van der Waals surface area contributed by atoms with Crippen LogP contribution >= 0.6 is 0 Å². The molecule has 0 aromatic heterocycles. The van der Waals surface area contributed by atoms with Gasteiger partial charge < -0.3 is 0 Å². The van der Waals surface area contributed by atoms with Crippen molar-refractivity contribution < 1.29 is 0 Å². The molecule has 6 heteroatoms. The molecule has 0 saturated carbocycles. The molecule has 0 aliphatic carbocycles. The van der Waals surface area contributed by atoms with Crippen LogP contribution in [-0.2, 0) is 0 Å². The number of nitrogens with zero attached hydrogens (tertiary/aromatic N) is 6. The van der Waals surface area contributed by atoms with Gasteiger partial charge in [-0.2, -0.15) is 10.5 Å². The molecule has 4 rings (SSSR count). The van der Waals surface area contributed by atoms with E-state index < -0.39 is 0 Å². The fourth-order valence-corrected chi connectivity index (χ4v) is 3.88. The molecular weight excluding hydrogens is 444 g/mol. The van der Waals surface area contributed by atoms with Crippen LogP contribution in [0.15, 0.2) is 72.8 Å². The predicted molar refractivity (Wildman–Crippen MR) is 137 cm³/mol. The highest BCUT2D eigenvalue weighted by Gasteiger charge is 2.15. The Bertz CT molecular complexity index is 1580. The molecule has 6 nitrogen and oxygen atoms in total. The zero-order chi connectivity index (χ0) is 25.7. The largest absolute Gasteiger partial charge is 0.238 e. The van der Waals surface area contributed by atoms with E-state index in [0.717, 1.165) is 0 Å². The average Bonchev–Trinajstić information content (AvgIpc) is 2.95. The van der Waals surface area contributed by atoms with E-state index in [9.17, 15) is 10.5 Å². The van der Waals surface area contributed by atoms with Crippen molar-refractivity contribution in [2.75, 3.05) is 0 Å². The monoisotopic (exact) mass is 456 g/mol. The van der Waals surface area contributed by atoms with Gasteiger partial charge in [-0.3, -0.25) is 0 Å². The third kappa shape index (κ3) is 4.23. The molecule has 0 radical (unpaired) electrons. The molecule has 0 spiro atoms. The maximum Gasteiger partial charge on any atom is 0.194 e. The Kier molecular flexibility index (Phi) is 6.23. The number of benzene rings is 4. The molecule has 0 unspecified atom stereocenters. The summed E-state index contributed by atoms with van der Waals surface area (Å²) < 4.78 is 0. The molecular formula is C30H12N6. The van der Waals surface area contributed by atoms with E-state index in [1.807, 2.05) is 0 Å². The fourth-order valence-electron chi connectivity index (χ4n) is 3.88. The summed E-state index contributed by atoms with van der Waals surface area (Å²) in [6, 6.07) is 24.0. The SMILES string of the molecule is [C-]#[N+]c1ccc([N+]#[C-])c(-c2cc(-c3cc(C#N)ccc3[N+]#[C-])cc(-c3cc(C#N)ccc3[N+]#[C-])c2)c1. The van der Waals surface area contributed by atoms with Crippen LogP contribution in [0, 0.1) is 49.0 Å². The van der Waals surface area contributed by atoms with Crippen molar-refractivity contribution in [2.24, 2.45) is 0 Å². The van der Waals surface area contributed by atoms with Crippen LogP contribution in [0.3, 0.4) is 0 Å². The van der Waals surface area contributed by atoms with Crippen LogP contribution in [0.2, 0.25) is 0 Å². The molecule has 0 N–H and O–H groups in total. The molecule has 0 atom stereocenters. The molecule has 4 aromatic carbocycles. The maximum absolute atomic E-state index is 9.44. The zero-order valence-corrected chi connectivity index (χ0v) is 18.6. The van der Waals surface area contributed by atoms with Gasteiger partial charge >= 0.3 is 0 Å². The van der Waals surface area contributed by atoms with E-state index in [0.29, 0.717) is 67.3 Å². The van der Waals surface area contributed by atoms with E-state index >= 15 is 0 Å². The number of hydrogen-bond donors (Lipinski definition) is 0. The first-order valence-electron chi connectivity index (χ1n) is 10.4. The van der Waals surface area contributed by atoms with E-state index in [-0.39, 0.29) is 0 Å². The first kappa shape index (κ1) is 23.0. The van der Waals surface area contributed by atoms with E-state index in [4.69, 9.17) is 26.3 Å². The highest BCUT2D eigenvalue weighted by Crippen LogP contribution is 2.42. The molecule has 0 fully saturated rings. The summed E-state index contributed by atoms with van der Waals surface area (Å²) >= 11 is 0. The topological polar surface area (TPSA) is 65.0 Å². The summed E-state index contributed by atoms with van der Waals surface area (Å²) in [5.74, 6) is 0. The van der Waals surface area contributed by atoms with E-state index in [2.05, 4.69) is 31.5 Å². The normalized spacial score (nSPS) is 9.50. The van der Waals surface area contributed by atoms with Gasteiger partial charge in [-0.05, 0) is 63.7 Å². The van der Waals surface area contributed by atoms with Gasteiger partial charge in [0.15, 0.2) is 22.7 Å². The van der Waals surface area contributed by atoms with Crippen molar-refractivity contribution >= 4 is 22.7 Å². The second-order valence-corrected chi connectivity index (χ2v) is 7.64. The molecule has 0 aliphatic heterocycles. The smallest absolute Gasteiger partial charge is 0.194 e. The molecule has 36 heavy (non-hydrogen) atoms. The first-order valence-corrected chi connectivity index (χ1v) is 10.4. The van der Waals surface area contributed by atoms with Crippen molar-refractivity contribution in [3.05, 3.63) is 130 Å². The number of hydrogen-bond acceptors (Lipinski definition) is 2. The van der Waals surface area contributed by atoms with Crippen molar-refractivity contribution in [3.63, 3.8) is 0 Å². The van der Waals surface area contributed by atoms with Gasteiger partial charge in [0.2, 0.25) is 0 Å². The standard InChI is InChI=1S/C30H12N6/c1-33-24-7-10-30(36-4)27(16-24)23-14-21(25-11-19(17-31)5-8-28(25)34-2)13-22(15-23)26-12-20(18-32)6-9-29(26)35-3/h5-16H. The van der Waals surface area contributed by atoms with Crippen LogP contribution < -0.4 is 0 Å². The molecule has 4 aromatic rings. The van der Waals surface area contributed by atoms with Gasteiger partial charge in [0, 0.05) is 0 Å². The number of rotatable bonds is 3. The Morgan fingerprint density at radius 2 is 0.861 bits per heavy atom. The summed E-state index contributed by atoms with van der Waals surface area (Å²) in [5.41, 5.74) is 5.56. The highest BCUT2D eigenvalue weighted by atomic mass is 14.7. The second kappa shape index (κ2) is 9.75. The average molecular weight is 456 g/mol. The van der Waals surface area contributed by atoms with Crippen molar-refractivity contribution in [1.82, 2.24) is 0 Å². The van der Waals surface area contributed by atoms with Crippen LogP contribution in [0.1, 0.15) is 11.1 Å². The Hall–Kier alpha value is -6.18. The Morgan fingerprint density at radius 1 is 0.472 bits per heavy atom. The van der Waals surface area contributed by atoms with Gasteiger partial charge in [0.25, 0.3) is 0 Å². The van der Waals surface area contributed by atoms with Crippen LogP contribution in [0.4, 0.5) is 22.7 Å². The van der Waals surface area contributed by atoms with Gasteiger partial charge in [-0.25, -0.2) is 19.4 Å². The second-order valence-electron chi connectivity index (χ2n) is 7.64. The lowest BCUT2D eigenvalue weighted by Gasteiger charge is -2.15. The lowest BCUT2D eigenvalue weighted by Crippen LogP contribution is -1.89. The van der Waals surface area contributed by atoms with Crippen molar-refractivity contribution in [1.29, 1.82) is 10.5 Å². The minimum absolute atomic E-state index is 0.341. The summed E-state index contributed by atoms with van der Waals surface area (Å²) in [4.78, 5) is 14.3. The van der Waals surface area contributed by atoms with Crippen molar-refractivity contribution in [3.8, 4) is 45.5 Å². The molecule has 162 valence electrons. The first-order chi connectivity index (χ1) is 17.5. The summed E-state index contributed by atoms with van der Waals surface area (Å²) in [6.45, 7) is 30.3. The van der Waals surface area contributed by atoms with Gasteiger partial charge in [0.1, 0.15) is 0 Å². The summed E-state index contributed by atoms with van der Waals surface area (Å²) in [6.07, 6.45) is 0. The summed E-state index contributed by atoms with van der Waals surface area (Å²) in [7, 11) is 0. The van der Waals surface area contributed by atoms with Crippen LogP contribution in [0.5, 0.6) is 0 Å². The van der Waals surface area contributed by atoms with Gasteiger partial charge in [0.05, 0.1) is 49.6 Å². The quantitative estimate of drug-likeness (QED) is 0.290.